The molecular weight excluding hydrogens is 234 g/mol. The molecule has 1 atom stereocenters. The van der Waals surface area contributed by atoms with E-state index in [1.54, 1.807) is 24.5 Å². The van der Waals surface area contributed by atoms with Crippen LogP contribution in [0.4, 0.5) is 5.69 Å². The average molecular weight is 247 g/mol. The van der Waals surface area contributed by atoms with Gasteiger partial charge in [0.25, 0.3) is 0 Å². The zero-order valence-electron chi connectivity index (χ0n) is 9.38. The molecule has 0 amide bonds. The molecule has 0 spiro atoms. The average Bonchev–Trinajstić information content (AvgIpc) is 2.32. The first-order chi connectivity index (χ1) is 8.09. The normalized spacial score (nSPS) is 12.3. The topological polar surface area (TPSA) is 63.3 Å². The van der Waals surface area contributed by atoms with Crippen LogP contribution in [-0.2, 0) is 10.8 Å². The molecular formula is C13H13NO2S. The zero-order chi connectivity index (χ0) is 12.4. The van der Waals surface area contributed by atoms with Crippen molar-refractivity contribution in [2.45, 2.75) is 4.90 Å². The standard InChI is InChI=1S/C13H13NO2S/c1-17(16)13-5-3-2-4-10(13)9-6-7-12(15)11(14)8-9/h2-8,15H,14H2,1H3. The van der Waals surface area contributed by atoms with Crippen molar-refractivity contribution < 1.29 is 9.32 Å². The van der Waals surface area contributed by atoms with Gasteiger partial charge in [-0.25, -0.2) is 0 Å². The number of benzene rings is 2. The summed E-state index contributed by atoms with van der Waals surface area (Å²) in [5.41, 5.74) is 7.70. The molecule has 0 bridgehead atoms. The van der Waals surface area contributed by atoms with Gasteiger partial charge in [0.05, 0.1) is 16.5 Å². The molecule has 0 aromatic heterocycles. The van der Waals surface area contributed by atoms with Gasteiger partial charge in [-0.2, -0.15) is 0 Å². The lowest BCUT2D eigenvalue weighted by molar-refractivity contribution is 0.478. The maximum atomic E-state index is 11.6. The fourth-order valence-electron chi connectivity index (χ4n) is 1.68. The molecule has 4 heteroatoms. The van der Waals surface area contributed by atoms with Gasteiger partial charge in [0, 0.05) is 11.2 Å². The molecule has 0 aliphatic carbocycles. The van der Waals surface area contributed by atoms with Crippen LogP contribution in [0.2, 0.25) is 0 Å². The monoisotopic (exact) mass is 247 g/mol. The maximum absolute atomic E-state index is 11.6. The number of hydrogen-bond acceptors (Lipinski definition) is 3. The van der Waals surface area contributed by atoms with Crippen LogP contribution in [0.25, 0.3) is 11.1 Å². The summed E-state index contributed by atoms with van der Waals surface area (Å²) in [6.07, 6.45) is 1.64. The Morgan fingerprint density at radius 3 is 2.53 bits per heavy atom. The third-order valence-electron chi connectivity index (χ3n) is 2.54. The second-order valence-electron chi connectivity index (χ2n) is 3.72. The lowest BCUT2D eigenvalue weighted by Gasteiger charge is -2.08. The Hall–Kier alpha value is -1.81. The van der Waals surface area contributed by atoms with E-state index in [0.29, 0.717) is 5.69 Å². The quantitative estimate of drug-likeness (QED) is 0.632. The first-order valence-electron chi connectivity index (χ1n) is 5.11. The SMILES string of the molecule is CS(=O)c1ccccc1-c1ccc(O)c(N)c1. The van der Waals surface area contributed by atoms with Crippen LogP contribution in [0, 0.1) is 0 Å². The Morgan fingerprint density at radius 1 is 1.18 bits per heavy atom. The highest BCUT2D eigenvalue weighted by atomic mass is 32.2. The van der Waals surface area contributed by atoms with E-state index in [4.69, 9.17) is 5.73 Å². The molecule has 1 unspecified atom stereocenters. The smallest absolute Gasteiger partial charge is 0.138 e. The molecule has 0 radical (unpaired) electrons. The number of anilines is 1. The largest absolute Gasteiger partial charge is 0.506 e. The van der Waals surface area contributed by atoms with E-state index >= 15 is 0 Å². The molecule has 0 fully saturated rings. The Balaban J connectivity index is 2.60. The van der Waals surface area contributed by atoms with Crippen molar-refractivity contribution in [1.82, 2.24) is 0 Å². The highest BCUT2D eigenvalue weighted by Crippen LogP contribution is 2.30. The summed E-state index contributed by atoms with van der Waals surface area (Å²) in [5, 5.41) is 9.38. The molecule has 2 aromatic carbocycles. The van der Waals surface area contributed by atoms with Crippen molar-refractivity contribution in [2.24, 2.45) is 0 Å². The second kappa shape index (κ2) is 4.59. The van der Waals surface area contributed by atoms with E-state index in [9.17, 15) is 9.32 Å². The molecule has 17 heavy (non-hydrogen) atoms. The number of nitrogens with two attached hydrogens (primary N) is 1. The van der Waals surface area contributed by atoms with Gasteiger partial charge in [-0.05, 0) is 29.3 Å². The van der Waals surface area contributed by atoms with Gasteiger partial charge in [0.2, 0.25) is 0 Å². The van der Waals surface area contributed by atoms with Gasteiger partial charge < -0.3 is 10.8 Å². The van der Waals surface area contributed by atoms with E-state index < -0.39 is 10.8 Å². The van der Waals surface area contributed by atoms with Gasteiger partial charge in [-0.1, -0.05) is 24.3 Å². The van der Waals surface area contributed by atoms with E-state index in [-0.39, 0.29) is 5.75 Å². The van der Waals surface area contributed by atoms with E-state index in [0.717, 1.165) is 16.0 Å². The predicted molar refractivity (Wildman–Crippen MR) is 70.3 cm³/mol. The molecule has 0 heterocycles. The number of hydrogen-bond donors (Lipinski definition) is 2. The molecule has 2 aromatic rings. The van der Waals surface area contributed by atoms with Gasteiger partial charge in [-0.3, -0.25) is 4.21 Å². The van der Waals surface area contributed by atoms with Gasteiger partial charge >= 0.3 is 0 Å². The van der Waals surface area contributed by atoms with Crippen molar-refractivity contribution >= 4 is 16.5 Å². The van der Waals surface area contributed by atoms with Crippen LogP contribution in [0.5, 0.6) is 5.75 Å². The van der Waals surface area contributed by atoms with Crippen molar-refractivity contribution in [2.75, 3.05) is 12.0 Å². The summed E-state index contributed by atoms with van der Waals surface area (Å²) in [6, 6.07) is 12.4. The van der Waals surface area contributed by atoms with Gasteiger partial charge in [0.1, 0.15) is 5.75 Å². The van der Waals surface area contributed by atoms with E-state index in [1.807, 2.05) is 24.3 Å². The first kappa shape index (κ1) is 11.7. The van der Waals surface area contributed by atoms with Crippen molar-refractivity contribution in [1.29, 1.82) is 0 Å². The van der Waals surface area contributed by atoms with Crippen LogP contribution < -0.4 is 5.73 Å². The van der Waals surface area contributed by atoms with Gasteiger partial charge in [0.15, 0.2) is 0 Å². The minimum Gasteiger partial charge on any atom is -0.506 e. The molecule has 0 saturated carbocycles. The number of rotatable bonds is 2. The number of phenolic OH excluding ortho intramolecular Hbond substituents is 1. The lowest BCUT2D eigenvalue weighted by atomic mass is 10.0. The molecule has 88 valence electrons. The predicted octanol–water partition coefficient (Wildman–Crippen LogP) is 2.38. The molecule has 0 saturated heterocycles. The third kappa shape index (κ3) is 2.31. The summed E-state index contributed by atoms with van der Waals surface area (Å²) in [4.78, 5) is 0.762. The van der Waals surface area contributed by atoms with Gasteiger partial charge in [-0.15, -0.1) is 0 Å². The third-order valence-corrected chi connectivity index (χ3v) is 3.51. The van der Waals surface area contributed by atoms with Crippen molar-refractivity contribution in [3.63, 3.8) is 0 Å². The highest BCUT2D eigenvalue weighted by molar-refractivity contribution is 7.84. The van der Waals surface area contributed by atoms with E-state index in [2.05, 4.69) is 0 Å². The fraction of sp³-hybridized carbons (Fsp3) is 0.0769. The van der Waals surface area contributed by atoms with Crippen LogP contribution in [0.15, 0.2) is 47.4 Å². The van der Waals surface area contributed by atoms with E-state index in [1.165, 1.54) is 0 Å². The minimum absolute atomic E-state index is 0.0591. The lowest BCUT2D eigenvalue weighted by Crippen LogP contribution is -1.93. The Morgan fingerprint density at radius 2 is 1.88 bits per heavy atom. The molecule has 3 N–H and O–H groups in total. The summed E-state index contributed by atoms with van der Waals surface area (Å²) in [7, 11) is -1.06. The Labute approximate surface area is 102 Å². The number of phenols is 1. The molecule has 3 nitrogen and oxygen atoms in total. The summed E-state index contributed by atoms with van der Waals surface area (Å²) >= 11 is 0. The first-order valence-corrected chi connectivity index (χ1v) is 6.66. The van der Waals surface area contributed by atoms with Crippen LogP contribution in [0.3, 0.4) is 0 Å². The zero-order valence-corrected chi connectivity index (χ0v) is 10.2. The van der Waals surface area contributed by atoms with Crippen molar-refractivity contribution in [3.05, 3.63) is 42.5 Å². The van der Waals surface area contributed by atoms with Crippen LogP contribution in [-0.4, -0.2) is 15.6 Å². The highest BCUT2D eigenvalue weighted by Gasteiger charge is 2.08. The Kier molecular flexibility index (Phi) is 3.15. The minimum atomic E-state index is -1.06. The molecule has 0 aliphatic heterocycles. The number of nitrogen functional groups attached to an aromatic ring is 1. The van der Waals surface area contributed by atoms with Crippen LogP contribution in [0.1, 0.15) is 0 Å². The summed E-state index contributed by atoms with van der Waals surface area (Å²) in [5.74, 6) is 0.0591. The summed E-state index contributed by atoms with van der Waals surface area (Å²) in [6.45, 7) is 0. The van der Waals surface area contributed by atoms with Crippen molar-refractivity contribution in [3.8, 4) is 16.9 Å². The number of aromatic hydroxyl groups is 1. The Bertz CT molecular complexity index is 581. The second-order valence-corrected chi connectivity index (χ2v) is 5.07. The fourth-order valence-corrected chi connectivity index (χ4v) is 2.44. The molecule has 2 rings (SSSR count). The maximum Gasteiger partial charge on any atom is 0.138 e. The summed E-state index contributed by atoms with van der Waals surface area (Å²) < 4.78 is 11.6. The van der Waals surface area contributed by atoms with Crippen LogP contribution >= 0.6 is 0 Å². The molecule has 0 aliphatic rings.